The zero-order chi connectivity index (χ0) is 48.6. The topological polar surface area (TPSA) is 236 Å². The number of amides is 2. The number of cyclic esters (lactones) is 1. The van der Waals surface area contributed by atoms with E-state index in [1.54, 1.807) is 43.5 Å². The number of halogens is 3. The van der Waals surface area contributed by atoms with E-state index in [0.29, 0.717) is 49.0 Å². The van der Waals surface area contributed by atoms with Crippen molar-refractivity contribution < 1.29 is 56.5 Å². The van der Waals surface area contributed by atoms with Gasteiger partial charge in [0.15, 0.2) is 11.5 Å². The van der Waals surface area contributed by atoms with E-state index in [0.717, 1.165) is 21.2 Å². The molecule has 5 heterocycles. The number of nitrogens with two attached hydrogens (primary N) is 1. The lowest BCUT2D eigenvalue weighted by Gasteiger charge is -2.35. The van der Waals surface area contributed by atoms with Crippen molar-refractivity contribution in [1.29, 1.82) is 0 Å². The molecular formula is C48H48F3N7O10. The molecule has 356 valence electrons. The first kappa shape index (κ1) is 45.9. The number of aryl methyl sites for hydroxylation is 1. The van der Waals surface area contributed by atoms with Gasteiger partial charge in [-0.2, -0.15) is 18.3 Å². The molecule has 2 amide bonds. The highest BCUT2D eigenvalue weighted by atomic mass is 19.4. The summed E-state index contributed by atoms with van der Waals surface area (Å²) in [5.74, 6) is -3.01. The van der Waals surface area contributed by atoms with Gasteiger partial charge in [-0.3, -0.25) is 19.2 Å². The Bertz CT molecular complexity index is 3040. The Morgan fingerprint density at radius 1 is 1.00 bits per heavy atom. The van der Waals surface area contributed by atoms with Crippen LogP contribution in [0.1, 0.15) is 121 Å². The Balaban J connectivity index is 0.853. The number of phenols is 1. The van der Waals surface area contributed by atoms with Crippen molar-refractivity contribution in [3.63, 3.8) is 0 Å². The zero-order valence-electron chi connectivity index (χ0n) is 37.6. The predicted octanol–water partition coefficient (Wildman–Crippen LogP) is 6.51. The highest BCUT2D eigenvalue weighted by Crippen LogP contribution is 2.44. The summed E-state index contributed by atoms with van der Waals surface area (Å²) in [5, 5.41) is 20.5. The number of pyridine rings is 2. The molecule has 2 aliphatic heterocycles. The smallest absolute Gasteiger partial charge is 0.435 e. The van der Waals surface area contributed by atoms with Crippen molar-refractivity contribution >= 4 is 46.3 Å². The molecule has 1 unspecified atom stereocenters. The van der Waals surface area contributed by atoms with Gasteiger partial charge in [0.25, 0.3) is 11.5 Å². The lowest BCUT2D eigenvalue weighted by atomic mass is 9.75. The molecule has 0 saturated heterocycles. The van der Waals surface area contributed by atoms with Crippen molar-refractivity contribution in [2.45, 2.75) is 116 Å². The summed E-state index contributed by atoms with van der Waals surface area (Å²) in [6.07, 6.45) is -4.36. The number of alkyl halides is 3. The maximum absolute atomic E-state index is 14.1. The van der Waals surface area contributed by atoms with Gasteiger partial charge < -0.3 is 40.3 Å². The summed E-state index contributed by atoms with van der Waals surface area (Å²) in [4.78, 5) is 84.4. The normalized spacial score (nSPS) is 20.4. The molecule has 9 rings (SSSR count). The van der Waals surface area contributed by atoms with E-state index < -0.39 is 76.4 Å². The molecule has 17 nitrogen and oxygen atoms in total. The third kappa shape index (κ3) is 7.97. The molecule has 1 fully saturated rings. The van der Waals surface area contributed by atoms with E-state index >= 15 is 0 Å². The fourth-order valence-corrected chi connectivity index (χ4v) is 10.2. The molecule has 68 heavy (non-hydrogen) atoms. The van der Waals surface area contributed by atoms with Crippen LogP contribution in [0.15, 0.2) is 47.3 Å². The molecule has 1 atom stereocenters. The molecule has 5 N–H and O–H groups in total. The number of Topliss-reactive ketones (excluding diaryl/α,β-unsaturated/α-hetero) is 1. The van der Waals surface area contributed by atoms with Gasteiger partial charge in [0, 0.05) is 34.7 Å². The summed E-state index contributed by atoms with van der Waals surface area (Å²) in [5.41, 5.74) is 5.11. The standard InChI is InChI=1S/C48H48F3N7O10/c1-5-27-29-16-25(59)10-14-33(29)55-40-30(27)21-57-35(40)17-32-31(43(57)63)22-66-44(64)47(32,6-2)68-45(65)53-20-38(61)67-26-11-7-23(8-12-26)54-34-15-24(9-13-28(34)42(52)62)58-36-18-46(3,4)19-37(60)39(36)41(56-58)48(49,50)51/h9-10,13-17,23,26,54,59H,5-8,11-12,18-22H2,1-4H3,(H2,52,62)(H,53,65). The Kier molecular flexibility index (Phi) is 11.3. The van der Waals surface area contributed by atoms with Gasteiger partial charge in [-0.05, 0) is 98.4 Å². The molecule has 1 saturated carbocycles. The molecule has 20 heteroatoms. The van der Waals surface area contributed by atoms with Crippen LogP contribution in [-0.4, -0.2) is 72.9 Å². The van der Waals surface area contributed by atoms with E-state index in [1.807, 2.05) is 6.92 Å². The first-order valence-corrected chi connectivity index (χ1v) is 22.4. The Morgan fingerprint density at radius 2 is 1.75 bits per heavy atom. The lowest BCUT2D eigenvalue weighted by Crippen LogP contribution is -2.49. The number of esters is 2. The van der Waals surface area contributed by atoms with E-state index in [2.05, 4.69) is 15.7 Å². The zero-order valence-corrected chi connectivity index (χ0v) is 37.6. The Hall–Kier alpha value is -7.25. The number of carbonyl (C=O) groups is 5. The molecule has 2 aliphatic carbocycles. The van der Waals surface area contributed by atoms with Gasteiger partial charge in [0.2, 0.25) is 5.60 Å². The number of rotatable bonds is 10. The minimum absolute atomic E-state index is 0.0651. The van der Waals surface area contributed by atoms with Crippen LogP contribution in [0.5, 0.6) is 5.75 Å². The highest BCUT2D eigenvalue weighted by molar-refractivity contribution is 6.01. The average Bonchev–Trinajstić information content (AvgIpc) is 3.85. The molecule has 5 aromatic rings. The summed E-state index contributed by atoms with van der Waals surface area (Å²) >= 11 is 0. The van der Waals surface area contributed by atoms with Gasteiger partial charge in [-0.1, -0.05) is 27.7 Å². The second-order valence-corrected chi connectivity index (χ2v) is 18.5. The minimum Gasteiger partial charge on any atom is -0.508 e. The van der Waals surface area contributed by atoms with E-state index in [-0.39, 0.29) is 78.0 Å². The van der Waals surface area contributed by atoms with Crippen LogP contribution in [0.25, 0.3) is 28.0 Å². The number of fused-ring (bicyclic) bond motifs is 6. The lowest BCUT2D eigenvalue weighted by molar-refractivity contribution is -0.172. The number of hydrogen-bond acceptors (Lipinski definition) is 13. The van der Waals surface area contributed by atoms with Gasteiger partial charge >= 0.3 is 24.2 Å². The van der Waals surface area contributed by atoms with Crippen LogP contribution in [0.4, 0.5) is 23.7 Å². The quantitative estimate of drug-likeness (QED) is 0.0848. The van der Waals surface area contributed by atoms with Crippen LogP contribution in [0.3, 0.4) is 0 Å². The molecule has 2 aromatic carbocycles. The highest BCUT2D eigenvalue weighted by Gasteiger charge is 2.51. The number of alkyl carbamates (subject to hydrolysis) is 1. The summed E-state index contributed by atoms with van der Waals surface area (Å²) in [6.45, 7) is 6.40. The number of benzene rings is 2. The number of carbonyl (C=O) groups excluding carboxylic acids is 5. The average molecular weight is 940 g/mol. The Morgan fingerprint density at radius 3 is 2.44 bits per heavy atom. The van der Waals surface area contributed by atoms with Crippen molar-refractivity contribution in [3.8, 4) is 22.8 Å². The number of ether oxygens (including phenoxy) is 3. The number of nitrogens with zero attached hydrogens (tertiary/aromatic N) is 4. The SMILES string of the molecule is CCc1c2c(nc3ccc(O)cc13)-c1cc3c(c(=O)n1C2)COC(=O)C3(CC)OC(=O)NCC(=O)OC1CCC(Nc2cc(-n3nc(C(F)(F)F)c4c3CC(C)(C)CC4=O)ccc2C(N)=O)CC1. The summed E-state index contributed by atoms with van der Waals surface area (Å²) < 4.78 is 62.0. The van der Waals surface area contributed by atoms with Crippen molar-refractivity contribution in [3.05, 3.63) is 97.6 Å². The second kappa shape index (κ2) is 16.8. The molecule has 4 aliphatic rings. The number of nitrogens with one attached hydrogen (secondary N) is 2. The van der Waals surface area contributed by atoms with E-state index in [1.165, 1.54) is 24.3 Å². The first-order valence-electron chi connectivity index (χ1n) is 22.4. The number of ketones is 1. The van der Waals surface area contributed by atoms with Gasteiger partial charge in [0.05, 0.1) is 51.5 Å². The van der Waals surface area contributed by atoms with Crippen LogP contribution >= 0.6 is 0 Å². The monoisotopic (exact) mass is 939 g/mol. The van der Waals surface area contributed by atoms with Crippen molar-refractivity contribution in [1.82, 2.24) is 24.6 Å². The predicted molar refractivity (Wildman–Crippen MR) is 237 cm³/mol. The molecular weight excluding hydrogens is 892 g/mol. The van der Waals surface area contributed by atoms with Crippen LogP contribution in [0, 0.1) is 5.41 Å². The number of aromatic hydroxyl groups is 1. The molecule has 0 spiro atoms. The summed E-state index contributed by atoms with van der Waals surface area (Å²) in [6, 6.07) is 10.5. The van der Waals surface area contributed by atoms with Crippen LogP contribution in [0.2, 0.25) is 0 Å². The van der Waals surface area contributed by atoms with E-state index in [4.69, 9.17) is 24.9 Å². The maximum Gasteiger partial charge on any atom is 0.435 e. The van der Waals surface area contributed by atoms with Crippen LogP contribution < -0.4 is 21.9 Å². The van der Waals surface area contributed by atoms with Gasteiger partial charge in [0.1, 0.15) is 25.0 Å². The largest absolute Gasteiger partial charge is 0.508 e. The number of hydrogen-bond donors (Lipinski definition) is 4. The van der Waals surface area contributed by atoms with Gasteiger partial charge in [-0.15, -0.1) is 0 Å². The van der Waals surface area contributed by atoms with Crippen LogP contribution in [-0.2, 0) is 61.6 Å². The van der Waals surface area contributed by atoms with Gasteiger partial charge in [-0.25, -0.2) is 19.3 Å². The third-order valence-electron chi connectivity index (χ3n) is 13.4. The fourth-order valence-electron chi connectivity index (χ4n) is 10.2. The minimum atomic E-state index is -4.88. The molecule has 0 radical (unpaired) electrons. The Labute approximate surface area is 386 Å². The maximum atomic E-state index is 14.1. The fraction of sp³-hybridized carbons (Fsp3) is 0.417. The number of primary amides is 1. The number of aromatic nitrogens is 4. The van der Waals surface area contributed by atoms with Crippen molar-refractivity contribution in [2.75, 3.05) is 11.9 Å². The number of anilines is 1. The van der Waals surface area contributed by atoms with E-state index in [9.17, 15) is 47.0 Å². The number of phenolic OH excluding ortho intramolecular Hbond substituents is 1. The van der Waals surface area contributed by atoms with Crippen molar-refractivity contribution in [2.24, 2.45) is 11.1 Å². The second-order valence-electron chi connectivity index (χ2n) is 18.5. The first-order chi connectivity index (χ1) is 32.2. The third-order valence-corrected chi connectivity index (χ3v) is 13.4. The molecule has 3 aromatic heterocycles. The summed E-state index contributed by atoms with van der Waals surface area (Å²) in [7, 11) is 0. The molecule has 0 bridgehead atoms.